The fourth-order valence-corrected chi connectivity index (χ4v) is 9.20. The number of anilines is 2. The molecule has 4 aliphatic heterocycles. The fourth-order valence-electron chi connectivity index (χ4n) is 8.17. The van der Waals surface area contributed by atoms with E-state index in [9.17, 15) is 18.4 Å². The number of hydrogen-bond acceptors (Lipinski definition) is 14. The van der Waals surface area contributed by atoms with Crippen LogP contribution in [0.2, 0.25) is 18.1 Å². The maximum absolute atomic E-state index is 14.3. The van der Waals surface area contributed by atoms with Gasteiger partial charge in [-0.3, -0.25) is 9.59 Å². The number of hydrogen-bond donors (Lipinski definition) is 1. The quantitative estimate of drug-likeness (QED) is 0.0986. The molecule has 0 unspecified atom stereocenters. The number of aromatic nitrogens is 4. The molecule has 2 aromatic carbocycles. The summed E-state index contributed by atoms with van der Waals surface area (Å²) in [6.07, 6.45) is 9.85. The zero-order valence-electron chi connectivity index (χ0n) is 39.0. The van der Waals surface area contributed by atoms with E-state index in [2.05, 4.69) is 64.0 Å². The fraction of sp³-hybridized carbons (Fsp3) is 0.500. The van der Waals surface area contributed by atoms with Crippen LogP contribution in [0.15, 0.2) is 83.3 Å². The highest BCUT2D eigenvalue weighted by Gasteiger charge is 2.38. The maximum atomic E-state index is 14.3. The second kappa shape index (κ2) is 22.2. The van der Waals surface area contributed by atoms with E-state index in [0.29, 0.717) is 76.8 Å². The monoisotopic (exact) mass is 940 g/mol. The van der Waals surface area contributed by atoms with Gasteiger partial charge in [0.2, 0.25) is 35.3 Å². The van der Waals surface area contributed by atoms with Crippen molar-refractivity contribution in [3.05, 3.63) is 95.8 Å². The van der Waals surface area contributed by atoms with Gasteiger partial charge in [0.25, 0.3) is 11.8 Å². The Morgan fingerprint density at radius 2 is 1.09 bits per heavy atom. The lowest BCUT2D eigenvalue weighted by molar-refractivity contribution is -0.138. The Morgan fingerprint density at radius 1 is 0.672 bits per heavy atom. The van der Waals surface area contributed by atoms with Crippen molar-refractivity contribution in [1.82, 2.24) is 30.0 Å². The first-order valence-corrected chi connectivity index (χ1v) is 26.0. The van der Waals surface area contributed by atoms with Gasteiger partial charge in [0.05, 0.1) is 37.7 Å². The minimum atomic E-state index is -1.90. The number of ether oxygens (including phenoxy) is 2. The first-order chi connectivity index (χ1) is 32.2. The zero-order chi connectivity index (χ0) is 47.6. The molecule has 4 aromatic rings. The van der Waals surface area contributed by atoms with Gasteiger partial charge in [-0.1, -0.05) is 81.4 Å². The lowest BCUT2D eigenvalue weighted by atomic mass is 9.94. The molecule has 4 aliphatic rings. The Balaban J connectivity index is 0.000000203. The minimum absolute atomic E-state index is 0.0317. The predicted molar refractivity (Wildman–Crippen MR) is 253 cm³/mol. The standard InChI is InChI=1S/C27H38FN5O3Si.C21H24FN5O3/c1-27(2,3)37(4,5)36-18-17-35-24-22(28)19-29-26(31-24)32-15-12-21(13-16-32)25(34)33-23(11-14-30-33)20-9-7-6-8-10-20;22-17-14-23-21(25-19(17)30-13-12-28)26-10-7-16(8-11-26)20(29)27-18(6-9-24-27)15-4-2-1-3-5-15/h6-10,14,19,21,23H,11-13,15-18H2,1-5H3;1-5,9,14,16,18,28H,6-8,10-13H2/t23-;18-/m00/s1. The summed E-state index contributed by atoms with van der Waals surface area (Å²) >= 11 is 0. The smallest absolute Gasteiger partial charge is 0.255 e. The van der Waals surface area contributed by atoms with E-state index in [4.69, 9.17) is 19.0 Å². The summed E-state index contributed by atoms with van der Waals surface area (Å²) in [7, 11) is -1.90. The molecule has 0 aliphatic carbocycles. The summed E-state index contributed by atoms with van der Waals surface area (Å²) in [5, 5.41) is 20.9. The molecule has 16 nitrogen and oxygen atoms in total. The molecule has 0 spiro atoms. The molecule has 19 heteroatoms. The number of aliphatic hydroxyl groups excluding tert-OH is 1. The van der Waals surface area contributed by atoms with Crippen molar-refractivity contribution in [3.8, 4) is 11.8 Å². The van der Waals surface area contributed by atoms with E-state index in [1.165, 1.54) is 0 Å². The third-order valence-electron chi connectivity index (χ3n) is 13.1. The van der Waals surface area contributed by atoms with Crippen molar-refractivity contribution in [1.29, 1.82) is 0 Å². The van der Waals surface area contributed by atoms with E-state index in [1.54, 1.807) is 16.2 Å². The molecular weight excluding hydrogens is 879 g/mol. The molecule has 2 amide bonds. The summed E-state index contributed by atoms with van der Waals surface area (Å²) in [5.41, 5.74) is 2.17. The van der Waals surface area contributed by atoms with E-state index in [1.807, 2.05) is 76.7 Å². The zero-order valence-corrected chi connectivity index (χ0v) is 40.0. The number of hydrazone groups is 2. The van der Waals surface area contributed by atoms with Crippen molar-refractivity contribution in [2.45, 2.75) is 89.5 Å². The van der Waals surface area contributed by atoms with E-state index in [-0.39, 0.29) is 72.4 Å². The number of benzene rings is 2. The van der Waals surface area contributed by atoms with Gasteiger partial charge in [0.15, 0.2) is 8.32 Å². The van der Waals surface area contributed by atoms with Crippen LogP contribution >= 0.6 is 0 Å². The topological polar surface area (TPSA) is 171 Å². The molecule has 67 heavy (non-hydrogen) atoms. The van der Waals surface area contributed by atoms with E-state index < -0.39 is 20.0 Å². The second-order valence-corrected chi connectivity index (χ2v) is 23.3. The first kappa shape index (κ1) is 49.0. The summed E-state index contributed by atoms with van der Waals surface area (Å²) in [6.45, 7) is 13.6. The number of carbonyl (C=O) groups excluding carboxylic acids is 2. The van der Waals surface area contributed by atoms with Gasteiger partial charge < -0.3 is 28.8 Å². The molecule has 0 bridgehead atoms. The lowest BCUT2D eigenvalue weighted by Crippen LogP contribution is -2.42. The molecule has 0 radical (unpaired) electrons. The van der Waals surface area contributed by atoms with Crippen LogP contribution < -0.4 is 19.3 Å². The molecule has 1 N–H and O–H groups in total. The van der Waals surface area contributed by atoms with Crippen molar-refractivity contribution in [3.63, 3.8) is 0 Å². The number of carbonyl (C=O) groups is 2. The molecule has 2 atom stereocenters. The molecule has 8 rings (SSSR count). The number of halogens is 2. The Bertz CT molecular complexity index is 2330. The van der Waals surface area contributed by atoms with Crippen LogP contribution in [0.4, 0.5) is 20.7 Å². The van der Waals surface area contributed by atoms with E-state index >= 15 is 0 Å². The van der Waals surface area contributed by atoms with Crippen molar-refractivity contribution in [2.75, 3.05) is 62.4 Å². The summed E-state index contributed by atoms with van der Waals surface area (Å²) < 4.78 is 45.0. The van der Waals surface area contributed by atoms with E-state index in [0.717, 1.165) is 29.9 Å². The summed E-state index contributed by atoms with van der Waals surface area (Å²) in [6, 6.07) is 19.8. The first-order valence-electron chi connectivity index (χ1n) is 23.1. The van der Waals surface area contributed by atoms with Crippen molar-refractivity contribution in [2.24, 2.45) is 22.0 Å². The molecule has 2 saturated heterocycles. The normalized spacial score (nSPS) is 19.1. The van der Waals surface area contributed by atoms with Gasteiger partial charge in [-0.25, -0.2) is 20.0 Å². The number of nitrogens with zero attached hydrogens (tertiary/aromatic N) is 10. The lowest BCUT2D eigenvalue weighted by Gasteiger charge is -2.36. The number of rotatable bonds is 14. The maximum Gasteiger partial charge on any atom is 0.255 e. The SMILES string of the molecule is CC(C)(C)[Si](C)(C)OCCOc1nc(N2CCC(C(=O)N3N=CC[C@H]3c3ccccc3)CC2)ncc1F.O=C(C1CCN(c2ncc(F)c(OCCO)n2)CC1)N1N=CC[C@H]1c1ccccc1. The van der Waals surface area contributed by atoms with Gasteiger partial charge in [-0.2, -0.15) is 29.0 Å². The predicted octanol–water partition coefficient (Wildman–Crippen LogP) is 7.35. The van der Waals surface area contributed by atoms with Crippen LogP contribution in [0.5, 0.6) is 11.8 Å². The van der Waals surface area contributed by atoms with Crippen LogP contribution in [-0.4, -0.2) is 120 Å². The minimum Gasteiger partial charge on any atom is -0.473 e. The third-order valence-corrected chi connectivity index (χ3v) is 17.6. The largest absolute Gasteiger partial charge is 0.473 e. The van der Waals surface area contributed by atoms with Crippen LogP contribution in [0, 0.1) is 23.5 Å². The highest BCUT2D eigenvalue weighted by atomic mass is 28.4. The number of amides is 2. The summed E-state index contributed by atoms with van der Waals surface area (Å²) in [5.74, 6) is -0.919. The highest BCUT2D eigenvalue weighted by molar-refractivity contribution is 6.74. The Hall–Kier alpha value is -5.92. The van der Waals surface area contributed by atoms with Crippen LogP contribution in [0.1, 0.15) is 82.5 Å². The van der Waals surface area contributed by atoms with Gasteiger partial charge in [0.1, 0.15) is 13.2 Å². The average Bonchev–Trinajstić information content (AvgIpc) is 4.05. The molecule has 0 saturated carbocycles. The number of piperidine rings is 2. The van der Waals surface area contributed by atoms with Crippen LogP contribution in [0.3, 0.4) is 0 Å². The second-order valence-electron chi connectivity index (χ2n) is 18.5. The molecular formula is C48H62F2N10O6Si. The molecule has 358 valence electrons. The Labute approximate surface area is 392 Å². The highest BCUT2D eigenvalue weighted by Crippen LogP contribution is 2.37. The molecule has 6 heterocycles. The number of aliphatic hydroxyl groups is 1. The average molecular weight is 941 g/mol. The van der Waals surface area contributed by atoms with Crippen molar-refractivity contribution >= 4 is 44.5 Å². The third kappa shape index (κ3) is 12.2. The Morgan fingerprint density at radius 3 is 1.49 bits per heavy atom. The Kier molecular flexibility index (Phi) is 16.3. The molecule has 2 fully saturated rings. The van der Waals surface area contributed by atoms with Crippen LogP contribution in [-0.2, 0) is 14.0 Å². The van der Waals surface area contributed by atoms with Crippen LogP contribution in [0.25, 0.3) is 0 Å². The summed E-state index contributed by atoms with van der Waals surface area (Å²) in [4.78, 5) is 47.0. The van der Waals surface area contributed by atoms with Gasteiger partial charge in [0, 0.05) is 63.3 Å². The van der Waals surface area contributed by atoms with Gasteiger partial charge >= 0.3 is 0 Å². The van der Waals surface area contributed by atoms with Gasteiger partial charge in [-0.15, -0.1) is 0 Å². The molecule has 2 aromatic heterocycles. The van der Waals surface area contributed by atoms with Crippen molar-refractivity contribution < 1.29 is 37.4 Å². The van der Waals surface area contributed by atoms with Gasteiger partial charge in [-0.05, 0) is 54.9 Å².